The Kier molecular flexibility index (Phi) is 5.68. The molecule has 0 aliphatic rings. The Labute approximate surface area is 111 Å². The molecular formula is C13H15ClO4. The molecule has 0 radical (unpaired) electrons. The first-order chi connectivity index (χ1) is 8.60. The largest absolute Gasteiger partial charge is 0.488 e. The molecule has 1 rings (SSSR count). The van der Waals surface area contributed by atoms with Gasteiger partial charge in [-0.1, -0.05) is 36.4 Å². The van der Waals surface area contributed by atoms with E-state index in [1.54, 1.807) is 24.3 Å². The summed E-state index contributed by atoms with van der Waals surface area (Å²) in [5, 5.41) is 0.372. The number of hydrogen-bond acceptors (Lipinski definition) is 4. The number of para-hydroxylation sites is 1. The fraction of sp³-hybridized carbons (Fsp3) is 0.308. The van der Waals surface area contributed by atoms with Gasteiger partial charge in [-0.25, -0.2) is 4.79 Å². The lowest BCUT2D eigenvalue weighted by Gasteiger charge is -2.17. The summed E-state index contributed by atoms with van der Waals surface area (Å²) in [6.07, 6.45) is -0.824. The molecule has 1 aromatic carbocycles. The summed E-state index contributed by atoms with van der Waals surface area (Å²) >= 11 is 5.64. The highest BCUT2D eigenvalue weighted by molar-refractivity contribution is 6.29. The number of rotatable bonds is 6. The molecule has 0 amide bonds. The molecule has 0 saturated carbocycles. The minimum Gasteiger partial charge on any atom is -0.488 e. The van der Waals surface area contributed by atoms with E-state index in [-0.39, 0.29) is 6.61 Å². The number of hydrogen-bond donors (Lipinski definition) is 0. The SMILES string of the molecule is C=C(Cl)COc1ccccc1C(OC)C(=O)OC. The first-order valence-corrected chi connectivity index (χ1v) is 5.63. The topological polar surface area (TPSA) is 44.8 Å². The van der Waals surface area contributed by atoms with E-state index in [0.29, 0.717) is 16.3 Å². The van der Waals surface area contributed by atoms with Crippen LogP contribution in [0, 0.1) is 0 Å². The van der Waals surface area contributed by atoms with Gasteiger partial charge in [0.1, 0.15) is 12.4 Å². The van der Waals surface area contributed by atoms with Crippen molar-refractivity contribution in [1.82, 2.24) is 0 Å². The maximum Gasteiger partial charge on any atom is 0.339 e. The third kappa shape index (κ3) is 3.75. The van der Waals surface area contributed by atoms with Crippen LogP contribution in [-0.2, 0) is 14.3 Å². The number of halogens is 1. The standard InChI is InChI=1S/C13H15ClO4/c1-9(14)8-18-11-7-5-4-6-10(11)12(16-2)13(15)17-3/h4-7,12H,1,8H2,2-3H3. The average Bonchev–Trinajstić information content (AvgIpc) is 2.38. The Morgan fingerprint density at radius 2 is 2.06 bits per heavy atom. The Bertz CT molecular complexity index is 431. The second kappa shape index (κ2) is 7.03. The van der Waals surface area contributed by atoms with Crippen molar-refractivity contribution < 1.29 is 19.0 Å². The van der Waals surface area contributed by atoms with E-state index in [0.717, 1.165) is 0 Å². The molecule has 0 aliphatic carbocycles. The Morgan fingerprint density at radius 3 is 2.61 bits per heavy atom. The maximum atomic E-state index is 11.6. The third-order valence-electron chi connectivity index (χ3n) is 2.24. The predicted octanol–water partition coefficient (Wildman–Crippen LogP) is 2.68. The minimum absolute atomic E-state index is 0.163. The number of carbonyl (C=O) groups is 1. The van der Waals surface area contributed by atoms with E-state index in [9.17, 15) is 4.79 Å². The van der Waals surface area contributed by atoms with Gasteiger partial charge in [-0.05, 0) is 6.07 Å². The van der Waals surface area contributed by atoms with E-state index in [2.05, 4.69) is 11.3 Å². The van der Waals surface area contributed by atoms with Crippen LogP contribution in [0.5, 0.6) is 5.75 Å². The molecule has 0 aliphatic heterocycles. The quantitative estimate of drug-likeness (QED) is 0.746. The van der Waals surface area contributed by atoms with Crippen molar-refractivity contribution in [2.75, 3.05) is 20.8 Å². The molecule has 4 nitrogen and oxygen atoms in total. The van der Waals surface area contributed by atoms with Crippen LogP contribution in [0.15, 0.2) is 35.9 Å². The van der Waals surface area contributed by atoms with Gasteiger partial charge in [-0.2, -0.15) is 0 Å². The monoisotopic (exact) mass is 270 g/mol. The highest BCUT2D eigenvalue weighted by Crippen LogP contribution is 2.28. The second-order valence-corrected chi connectivity index (χ2v) is 4.02. The molecule has 5 heteroatoms. The van der Waals surface area contributed by atoms with Crippen molar-refractivity contribution in [2.24, 2.45) is 0 Å². The summed E-state index contributed by atoms with van der Waals surface area (Å²) in [6, 6.07) is 7.04. The lowest BCUT2D eigenvalue weighted by Crippen LogP contribution is -2.17. The maximum absolute atomic E-state index is 11.6. The number of esters is 1. The van der Waals surface area contributed by atoms with E-state index in [1.165, 1.54) is 14.2 Å². The van der Waals surface area contributed by atoms with E-state index >= 15 is 0 Å². The van der Waals surface area contributed by atoms with Crippen molar-refractivity contribution in [3.05, 3.63) is 41.4 Å². The molecule has 0 aromatic heterocycles. The molecule has 1 unspecified atom stereocenters. The van der Waals surface area contributed by atoms with Crippen LogP contribution in [0.3, 0.4) is 0 Å². The van der Waals surface area contributed by atoms with E-state index < -0.39 is 12.1 Å². The summed E-state index contributed by atoms with van der Waals surface area (Å²) in [7, 11) is 2.73. The number of ether oxygens (including phenoxy) is 3. The lowest BCUT2D eigenvalue weighted by molar-refractivity contribution is -0.152. The van der Waals surface area contributed by atoms with Gasteiger partial charge in [0.25, 0.3) is 0 Å². The lowest BCUT2D eigenvalue weighted by atomic mass is 10.1. The van der Waals surface area contributed by atoms with Crippen LogP contribution in [0.2, 0.25) is 0 Å². The van der Waals surface area contributed by atoms with Crippen LogP contribution >= 0.6 is 11.6 Å². The summed E-state index contributed by atoms with van der Waals surface area (Å²) in [5.41, 5.74) is 0.588. The summed E-state index contributed by atoms with van der Waals surface area (Å²) < 4.78 is 15.3. The highest BCUT2D eigenvalue weighted by atomic mass is 35.5. The molecule has 0 fully saturated rings. The Balaban J connectivity index is 2.98. The molecule has 0 bridgehead atoms. The van der Waals surface area contributed by atoms with Crippen molar-refractivity contribution in [3.8, 4) is 5.75 Å². The molecule has 0 heterocycles. The molecule has 1 atom stereocenters. The molecule has 18 heavy (non-hydrogen) atoms. The molecule has 98 valence electrons. The predicted molar refractivity (Wildman–Crippen MR) is 68.7 cm³/mol. The summed E-state index contributed by atoms with van der Waals surface area (Å²) in [5.74, 6) is 0.0230. The minimum atomic E-state index is -0.824. The van der Waals surface area contributed by atoms with Crippen molar-refractivity contribution in [3.63, 3.8) is 0 Å². The zero-order chi connectivity index (χ0) is 13.5. The molecular weight excluding hydrogens is 256 g/mol. The molecule has 0 N–H and O–H groups in total. The fourth-order valence-corrected chi connectivity index (χ4v) is 1.50. The van der Waals surface area contributed by atoms with Gasteiger partial charge in [-0.15, -0.1) is 0 Å². The number of methoxy groups -OCH3 is 2. The van der Waals surface area contributed by atoms with Gasteiger partial charge in [0.2, 0.25) is 0 Å². The van der Waals surface area contributed by atoms with Gasteiger partial charge in [0, 0.05) is 17.7 Å². The molecule has 1 aromatic rings. The third-order valence-corrected chi connectivity index (χ3v) is 2.35. The zero-order valence-corrected chi connectivity index (χ0v) is 11.1. The van der Waals surface area contributed by atoms with Crippen LogP contribution in [0.4, 0.5) is 0 Å². The van der Waals surface area contributed by atoms with Gasteiger partial charge >= 0.3 is 5.97 Å². The van der Waals surface area contributed by atoms with Crippen LogP contribution in [-0.4, -0.2) is 26.8 Å². The highest BCUT2D eigenvalue weighted by Gasteiger charge is 2.24. The first kappa shape index (κ1) is 14.5. The molecule has 0 spiro atoms. The van der Waals surface area contributed by atoms with Crippen molar-refractivity contribution in [1.29, 1.82) is 0 Å². The van der Waals surface area contributed by atoms with Crippen molar-refractivity contribution >= 4 is 17.6 Å². The smallest absolute Gasteiger partial charge is 0.339 e. The normalized spacial score (nSPS) is 11.7. The van der Waals surface area contributed by atoms with Crippen LogP contribution in [0.1, 0.15) is 11.7 Å². The summed E-state index contributed by atoms with van der Waals surface area (Å²) in [6.45, 7) is 3.70. The average molecular weight is 271 g/mol. The number of benzene rings is 1. The Morgan fingerprint density at radius 1 is 1.39 bits per heavy atom. The second-order valence-electron chi connectivity index (χ2n) is 3.48. The van der Waals surface area contributed by atoms with Gasteiger partial charge < -0.3 is 14.2 Å². The van der Waals surface area contributed by atoms with Gasteiger partial charge in [0.05, 0.1) is 7.11 Å². The fourth-order valence-electron chi connectivity index (χ4n) is 1.44. The van der Waals surface area contributed by atoms with Crippen LogP contribution in [0.25, 0.3) is 0 Å². The van der Waals surface area contributed by atoms with Gasteiger partial charge in [0.15, 0.2) is 6.10 Å². The zero-order valence-electron chi connectivity index (χ0n) is 10.3. The van der Waals surface area contributed by atoms with E-state index in [4.69, 9.17) is 21.1 Å². The Hall–Kier alpha value is -1.52. The van der Waals surface area contributed by atoms with Gasteiger partial charge in [-0.3, -0.25) is 0 Å². The summed E-state index contributed by atoms with van der Waals surface area (Å²) in [4.78, 5) is 11.6. The molecule has 0 saturated heterocycles. The van der Waals surface area contributed by atoms with Crippen molar-refractivity contribution in [2.45, 2.75) is 6.10 Å². The first-order valence-electron chi connectivity index (χ1n) is 5.25. The van der Waals surface area contributed by atoms with Crippen LogP contribution < -0.4 is 4.74 Å². The number of carbonyl (C=O) groups excluding carboxylic acids is 1. The van der Waals surface area contributed by atoms with E-state index in [1.807, 2.05) is 0 Å².